The number of hydrogen-bond donors (Lipinski definition) is 2. The number of para-hydroxylation sites is 2. The van der Waals surface area contributed by atoms with E-state index in [1.54, 1.807) is 13.2 Å². The highest BCUT2D eigenvalue weighted by Crippen LogP contribution is 2.23. The smallest absolute Gasteiger partial charge is 0.277 e. The minimum Gasteiger partial charge on any atom is -0.321 e. The molecule has 0 unspecified atom stereocenters. The standard InChI is InChI=1S/C22H24N4O2/c1-13-8-6-9-14(2)18(13)23-21(27)17-12-26(5)25-20(17)22(28)24-19-15(3)10-7-11-16(19)4/h6-12H,1-5H3,(H,23,27)(H,24,28). The van der Waals surface area contributed by atoms with E-state index in [1.807, 2.05) is 64.1 Å². The van der Waals surface area contributed by atoms with Gasteiger partial charge in [0.05, 0.1) is 5.56 Å². The predicted molar refractivity (Wildman–Crippen MR) is 111 cm³/mol. The Balaban J connectivity index is 1.90. The van der Waals surface area contributed by atoms with E-state index in [4.69, 9.17) is 0 Å². The molecule has 0 saturated carbocycles. The van der Waals surface area contributed by atoms with Gasteiger partial charge < -0.3 is 10.6 Å². The van der Waals surface area contributed by atoms with Gasteiger partial charge in [-0.25, -0.2) is 0 Å². The summed E-state index contributed by atoms with van der Waals surface area (Å²) in [5.74, 6) is -0.776. The molecule has 3 rings (SSSR count). The molecule has 144 valence electrons. The highest BCUT2D eigenvalue weighted by molar-refractivity contribution is 6.14. The highest BCUT2D eigenvalue weighted by Gasteiger charge is 2.23. The van der Waals surface area contributed by atoms with Crippen LogP contribution in [-0.2, 0) is 7.05 Å². The second-order valence-electron chi connectivity index (χ2n) is 7.01. The molecule has 6 nitrogen and oxygen atoms in total. The van der Waals surface area contributed by atoms with Crippen LogP contribution >= 0.6 is 0 Å². The van der Waals surface area contributed by atoms with E-state index in [2.05, 4.69) is 15.7 Å². The second-order valence-corrected chi connectivity index (χ2v) is 7.01. The minimum atomic E-state index is -0.412. The van der Waals surface area contributed by atoms with E-state index in [-0.39, 0.29) is 17.2 Å². The van der Waals surface area contributed by atoms with Crippen LogP contribution < -0.4 is 10.6 Å². The van der Waals surface area contributed by atoms with Crippen LogP contribution in [0.15, 0.2) is 42.6 Å². The number of anilines is 2. The van der Waals surface area contributed by atoms with Crippen LogP contribution in [0, 0.1) is 27.7 Å². The molecule has 0 aliphatic carbocycles. The Hall–Kier alpha value is -3.41. The maximum atomic E-state index is 12.9. The van der Waals surface area contributed by atoms with E-state index in [1.165, 1.54) is 4.68 Å². The van der Waals surface area contributed by atoms with Crippen molar-refractivity contribution in [1.82, 2.24) is 9.78 Å². The molecule has 1 aromatic heterocycles. The molecule has 0 bridgehead atoms. The molecule has 0 spiro atoms. The third-order valence-electron chi connectivity index (χ3n) is 4.73. The Morgan fingerprint density at radius 3 is 1.68 bits per heavy atom. The zero-order valence-corrected chi connectivity index (χ0v) is 16.8. The molecule has 2 N–H and O–H groups in total. The van der Waals surface area contributed by atoms with Gasteiger partial charge in [-0.2, -0.15) is 5.10 Å². The number of aryl methyl sites for hydroxylation is 5. The van der Waals surface area contributed by atoms with Gasteiger partial charge in [0.1, 0.15) is 0 Å². The van der Waals surface area contributed by atoms with Crippen LogP contribution in [0.3, 0.4) is 0 Å². The van der Waals surface area contributed by atoms with Gasteiger partial charge in [0.15, 0.2) is 5.69 Å². The lowest BCUT2D eigenvalue weighted by Gasteiger charge is -2.12. The summed E-state index contributed by atoms with van der Waals surface area (Å²) in [5.41, 5.74) is 5.62. The maximum absolute atomic E-state index is 12.9. The van der Waals surface area contributed by atoms with Crippen LogP contribution in [0.2, 0.25) is 0 Å². The zero-order valence-electron chi connectivity index (χ0n) is 16.8. The molecular formula is C22H24N4O2. The van der Waals surface area contributed by atoms with E-state index in [0.29, 0.717) is 0 Å². The Labute approximate surface area is 164 Å². The monoisotopic (exact) mass is 376 g/mol. The second kappa shape index (κ2) is 7.68. The first-order valence-electron chi connectivity index (χ1n) is 9.06. The van der Waals surface area contributed by atoms with Crippen molar-refractivity contribution in [3.05, 3.63) is 76.1 Å². The number of carbonyl (C=O) groups excluding carboxylic acids is 2. The third kappa shape index (κ3) is 3.81. The van der Waals surface area contributed by atoms with Crippen LogP contribution in [-0.4, -0.2) is 21.6 Å². The summed E-state index contributed by atoms with van der Waals surface area (Å²) in [7, 11) is 1.69. The Morgan fingerprint density at radius 2 is 1.21 bits per heavy atom. The largest absolute Gasteiger partial charge is 0.321 e. The van der Waals surface area contributed by atoms with Crippen LogP contribution in [0.25, 0.3) is 0 Å². The summed E-state index contributed by atoms with van der Waals surface area (Å²) in [4.78, 5) is 25.8. The SMILES string of the molecule is Cc1cccc(C)c1NC(=O)c1cn(C)nc1C(=O)Nc1c(C)cccc1C. The van der Waals surface area contributed by atoms with Crippen molar-refractivity contribution in [2.45, 2.75) is 27.7 Å². The van der Waals surface area contributed by atoms with E-state index in [0.717, 1.165) is 33.6 Å². The van der Waals surface area contributed by atoms with Gasteiger partial charge in [-0.15, -0.1) is 0 Å². The molecule has 0 aliphatic rings. The Bertz CT molecular complexity index is 943. The fourth-order valence-electron chi connectivity index (χ4n) is 3.20. The number of nitrogens with zero attached hydrogens (tertiary/aromatic N) is 2. The lowest BCUT2D eigenvalue weighted by atomic mass is 10.1. The molecule has 1 heterocycles. The van der Waals surface area contributed by atoms with Crippen molar-refractivity contribution in [3.8, 4) is 0 Å². The van der Waals surface area contributed by atoms with Gasteiger partial charge in [-0.3, -0.25) is 14.3 Å². The van der Waals surface area contributed by atoms with Crippen molar-refractivity contribution in [3.63, 3.8) is 0 Å². The summed E-state index contributed by atoms with van der Waals surface area (Å²) in [5, 5.41) is 10.0. The molecule has 2 amide bonds. The summed E-state index contributed by atoms with van der Waals surface area (Å²) in [6.45, 7) is 7.71. The van der Waals surface area contributed by atoms with Crippen molar-refractivity contribution in [2.24, 2.45) is 7.05 Å². The normalized spacial score (nSPS) is 10.6. The number of carbonyl (C=O) groups is 2. The number of amides is 2. The molecule has 2 aromatic carbocycles. The lowest BCUT2D eigenvalue weighted by Crippen LogP contribution is -2.21. The number of benzene rings is 2. The molecule has 0 aliphatic heterocycles. The van der Waals surface area contributed by atoms with Crippen molar-refractivity contribution in [1.29, 1.82) is 0 Å². The molecule has 28 heavy (non-hydrogen) atoms. The van der Waals surface area contributed by atoms with E-state index < -0.39 is 5.91 Å². The number of rotatable bonds is 4. The summed E-state index contributed by atoms with van der Waals surface area (Å²) in [6, 6.07) is 11.6. The van der Waals surface area contributed by atoms with E-state index >= 15 is 0 Å². The summed E-state index contributed by atoms with van der Waals surface area (Å²) < 4.78 is 1.47. The molecule has 0 radical (unpaired) electrons. The molecule has 0 fully saturated rings. The van der Waals surface area contributed by atoms with Crippen molar-refractivity contribution in [2.75, 3.05) is 10.6 Å². The van der Waals surface area contributed by atoms with E-state index in [9.17, 15) is 9.59 Å². The van der Waals surface area contributed by atoms with Gasteiger partial charge in [0.2, 0.25) is 0 Å². The fourth-order valence-corrected chi connectivity index (χ4v) is 3.20. The first-order chi connectivity index (χ1) is 13.3. The number of nitrogens with one attached hydrogen (secondary N) is 2. The topological polar surface area (TPSA) is 76.0 Å². The van der Waals surface area contributed by atoms with Gasteiger partial charge >= 0.3 is 0 Å². The van der Waals surface area contributed by atoms with Gasteiger partial charge in [-0.1, -0.05) is 36.4 Å². The minimum absolute atomic E-state index is 0.0916. The molecule has 3 aromatic rings. The lowest BCUT2D eigenvalue weighted by molar-refractivity contribution is 0.0988. The van der Waals surface area contributed by atoms with Crippen molar-refractivity contribution < 1.29 is 9.59 Å². The summed E-state index contributed by atoms with van der Waals surface area (Å²) >= 11 is 0. The Kier molecular flexibility index (Phi) is 5.31. The van der Waals surface area contributed by atoms with Crippen LogP contribution in [0.4, 0.5) is 11.4 Å². The van der Waals surface area contributed by atoms with Gasteiger partial charge in [0, 0.05) is 24.6 Å². The molecular weight excluding hydrogens is 352 g/mol. The van der Waals surface area contributed by atoms with Gasteiger partial charge in [0.25, 0.3) is 11.8 Å². The Morgan fingerprint density at radius 1 is 0.786 bits per heavy atom. The predicted octanol–water partition coefficient (Wildman–Crippen LogP) is 4.16. The average Bonchev–Trinajstić information content (AvgIpc) is 3.03. The first kappa shape index (κ1) is 19.4. The molecule has 0 saturated heterocycles. The number of aromatic nitrogens is 2. The first-order valence-corrected chi connectivity index (χ1v) is 9.06. The third-order valence-corrected chi connectivity index (χ3v) is 4.73. The molecule has 6 heteroatoms. The highest BCUT2D eigenvalue weighted by atomic mass is 16.2. The average molecular weight is 376 g/mol. The zero-order chi connectivity index (χ0) is 20.4. The van der Waals surface area contributed by atoms with Crippen molar-refractivity contribution >= 4 is 23.2 Å². The maximum Gasteiger partial charge on any atom is 0.277 e. The van der Waals surface area contributed by atoms with Gasteiger partial charge in [-0.05, 0) is 49.9 Å². The summed E-state index contributed by atoms with van der Waals surface area (Å²) in [6.07, 6.45) is 1.56. The van der Waals surface area contributed by atoms with Crippen LogP contribution in [0.5, 0.6) is 0 Å². The van der Waals surface area contributed by atoms with Crippen LogP contribution in [0.1, 0.15) is 43.1 Å². The fraction of sp³-hybridized carbons (Fsp3) is 0.227. The number of hydrogen-bond acceptors (Lipinski definition) is 3. The molecule has 0 atom stereocenters. The quantitative estimate of drug-likeness (QED) is 0.718.